The number of likely N-dealkylation sites (N-methyl/N-ethyl adjacent to an activating group) is 1. The Bertz CT molecular complexity index is 1430. The van der Waals surface area contributed by atoms with Gasteiger partial charge < -0.3 is 35.0 Å². The fourth-order valence-electron chi connectivity index (χ4n) is 4.13. The van der Waals surface area contributed by atoms with Gasteiger partial charge >= 0.3 is 13.8 Å². The van der Waals surface area contributed by atoms with Crippen molar-refractivity contribution in [3.63, 3.8) is 0 Å². The van der Waals surface area contributed by atoms with Crippen LogP contribution in [0.5, 0.6) is 5.75 Å². The fraction of sp³-hybridized carbons (Fsp3) is 0.320. The van der Waals surface area contributed by atoms with Gasteiger partial charge in [0.05, 0.1) is 30.2 Å². The van der Waals surface area contributed by atoms with Gasteiger partial charge in [0.1, 0.15) is 17.1 Å². The zero-order chi connectivity index (χ0) is 29.1. The van der Waals surface area contributed by atoms with E-state index in [-0.39, 0.29) is 34.5 Å². The molecule has 0 atom stereocenters. The number of para-hydroxylation sites is 1. The Morgan fingerprint density at radius 2 is 1.77 bits per heavy atom. The molecule has 1 saturated heterocycles. The van der Waals surface area contributed by atoms with Gasteiger partial charge in [-0.1, -0.05) is 18.2 Å². The van der Waals surface area contributed by atoms with Crippen molar-refractivity contribution < 1.29 is 37.1 Å². The maximum absolute atomic E-state index is 13.9. The van der Waals surface area contributed by atoms with Crippen molar-refractivity contribution >= 4 is 36.6 Å². The van der Waals surface area contributed by atoms with E-state index < -0.39 is 31.3 Å². The van der Waals surface area contributed by atoms with Gasteiger partial charge in [-0.3, -0.25) is 9.36 Å². The first-order chi connectivity index (χ1) is 18.8. The molecule has 0 unspecified atom stereocenters. The highest BCUT2D eigenvalue weighted by Gasteiger charge is 2.36. The first kappa shape index (κ1) is 29.3. The van der Waals surface area contributed by atoms with Crippen LogP contribution in [0.1, 0.15) is 21.5 Å². The number of piperazine rings is 1. The first-order valence-electron chi connectivity index (χ1n) is 12.1. The molecule has 0 bridgehead atoms. The van der Waals surface area contributed by atoms with Gasteiger partial charge in [0.15, 0.2) is 0 Å². The second-order valence-electron chi connectivity index (χ2n) is 9.20. The van der Waals surface area contributed by atoms with Gasteiger partial charge in [0.25, 0.3) is 5.91 Å². The first-order valence-corrected chi connectivity index (χ1v) is 13.9. The number of anilines is 4. The van der Waals surface area contributed by atoms with Crippen molar-refractivity contribution in [3.05, 3.63) is 65.4 Å². The van der Waals surface area contributed by atoms with E-state index >= 15 is 0 Å². The number of nitrogens with zero attached hydrogens (tertiary/aromatic N) is 4. The summed E-state index contributed by atoms with van der Waals surface area (Å²) in [6.07, 6.45) is -4.68. The summed E-state index contributed by atoms with van der Waals surface area (Å²) < 4.78 is 58.3. The van der Waals surface area contributed by atoms with Gasteiger partial charge in [0, 0.05) is 32.4 Å². The van der Waals surface area contributed by atoms with Crippen LogP contribution >= 0.6 is 7.60 Å². The molecule has 40 heavy (non-hydrogen) atoms. The number of aromatic nitrogens is 2. The Labute approximate surface area is 228 Å². The molecule has 0 radical (unpaired) electrons. The summed E-state index contributed by atoms with van der Waals surface area (Å²) in [6, 6.07) is 10.6. The minimum absolute atomic E-state index is 0.154. The number of nitrogens with one attached hydrogen (secondary N) is 2. The molecule has 1 amide bonds. The van der Waals surface area contributed by atoms with Crippen LogP contribution in [0.4, 0.5) is 36.3 Å². The number of benzene rings is 2. The van der Waals surface area contributed by atoms with Gasteiger partial charge in [0.2, 0.25) is 5.95 Å². The van der Waals surface area contributed by atoms with Crippen molar-refractivity contribution in [1.82, 2.24) is 19.8 Å². The van der Waals surface area contributed by atoms with Gasteiger partial charge in [-0.2, -0.15) is 18.2 Å². The molecule has 1 aliphatic rings. The second kappa shape index (κ2) is 11.8. The van der Waals surface area contributed by atoms with Crippen LogP contribution < -0.4 is 15.4 Å². The van der Waals surface area contributed by atoms with Crippen molar-refractivity contribution in [2.45, 2.75) is 12.3 Å². The van der Waals surface area contributed by atoms with Crippen LogP contribution in [0.15, 0.2) is 48.7 Å². The maximum atomic E-state index is 13.9. The molecule has 0 saturated carbocycles. The number of carbonyl (C=O) groups is 1. The van der Waals surface area contributed by atoms with Crippen LogP contribution in [0.25, 0.3) is 0 Å². The lowest BCUT2D eigenvalue weighted by molar-refractivity contribution is -0.137. The van der Waals surface area contributed by atoms with Crippen LogP contribution in [0, 0.1) is 0 Å². The van der Waals surface area contributed by atoms with Crippen molar-refractivity contribution in [1.29, 1.82) is 0 Å². The zero-order valence-corrected chi connectivity index (χ0v) is 22.5. The van der Waals surface area contributed by atoms with Crippen LogP contribution in [-0.4, -0.2) is 75.8 Å². The van der Waals surface area contributed by atoms with Gasteiger partial charge in [-0.25, -0.2) is 4.98 Å². The number of ether oxygens (including phenoxy) is 1. The van der Waals surface area contributed by atoms with E-state index in [1.807, 2.05) is 7.05 Å². The molecule has 1 aromatic heterocycles. The maximum Gasteiger partial charge on any atom is 0.421 e. The molecule has 2 aromatic carbocycles. The normalized spacial score (nSPS) is 14.6. The quantitative estimate of drug-likeness (QED) is 0.289. The number of amides is 1. The van der Waals surface area contributed by atoms with E-state index in [1.54, 1.807) is 23.1 Å². The number of alkyl halides is 3. The molecule has 0 aliphatic carbocycles. The molecule has 11 nitrogen and oxygen atoms in total. The summed E-state index contributed by atoms with van der Waals surface area (Å²) in [5.74, 6) is -0.913. The van der Waals surface area contributed by atoms with E-state index in [1.165, 1.54) is 31.4 Å². The van der Waals surface area contributed by atoms with Crippen LogP contribution in [0.3, 0.4) is 0 Å². The third-order valence-corrected chi connectivity index (χ3v) is 6.97. The summed E-state index contributed by atoms with van der Waals surface area (Å²) in [4.78, 5) is 43.3. The molecule has 1 aliphatic heterocycles. The second-order valence-corrected chi connectivity index (χ2v) is 10.8. The Balaban J connectivity index is 1.65. The Morgan fingerprint density at radius 1 is 1.07 bits per heavy atom. The average molecular weight is 581 g/mol. The summed E-state index contributed by atoms with van der Waals surface area (Å²) >= 11 is 0. The lowest BCUT2D eigenvalue weighted by atomic mass is 10.1. The molecular weight excluding hydrogens is 552 g/mol. The Morgan fingerprint density at radius 3 is 2.42 bits per heavy atom. The lowest BCUT2D eigenvalue weighted by Gasteiger charge is -2.32. The van der Waals surface area contributed by atoms with Gasteiger partial charge in [-0.15, -0.1) is 0 Å². The fourth-order valence-corrected chi connectivity index (χ4v) is 4.80. The van der Waals surface area contributed by atoms with E-state index in [9.17, 15) is 32.3 Å². The number of rotatable bonds is 8. The summed E-state index contributed by atoms with van der Waals surface area (Å²) in [5, 5.41) is 5.46. The molecule has 4 N–H and O–H groups in total. The van der Waals surface area contributed by atoms with Crippen molar-refractivity contribution in [2.75, 3.05) is 51.0 Å². The number of hydrogen-bond donors (Lipinski definition) is 4. The van der Waals surface area contributed by atoms with Gasteiger partial charge in [-0.05, 0) is 36.9 Å². The minimum atomic E-state index is -4.79. The third-order valence-electron chi connectivity index (χ3n) is 6.20. The molecule has 4 rings (SSSR count). The van der Waals surface area contributed by atoms with E-state index in [4.69, 9.17) is 4.74 Å². The van der Waals surface area contributed by atoms with Crippen molar-refractivity contribution in [3.8, 4) is 5.75 Å². The molecular formula is C25H28F3N6O5P. The molecule has 1 fully saturated rings. The Kier molecular flexibility index (Phi) is 8.64. The molecule has 214 valence electrons. The van der Waals surface area contributed by atoms with E-state index in [0.717, 1.165) is 0 Å². The van der Waals surface area contributed by atoms with E-state index in [0.29, 0.717) is 37.9 Å². The topological polar surface area (TPSA) is 140 Å². The smallest absolute Gasteiger partial charge is 0.421 e. The third kappa shape index (κ3) is 7.27. The summed E-state index contributed by atoms with van der Waals surface area (Å²) in [7, 11) is -1.05. The SMILES string of the molecule is COc1cc(CP(=O)(O)O)ccc1Nc1ncc(C(F)(F)F)c(Nc2ccccc2C(=O)N2CCN(C)CC2)n1. The summed E-state index contributed by atoms with van der Waals surface area (Å²) in [5.41, 5.74) is -0.221. The monoisotopic (exact) mass is 580 g/mol. The van der Waals surface area contributed by atoms with Crippen LogP contribution in [0.2, 0.25) is 0 Å². The number of methoxy groups -OCH3 is 1. The largest absolute Gasteiger partial charge is 0.495 e. The summed E-state index contributed by atoms with van der Waals surface area (Å²) in [6.45, 7) is 2.36. The Hall–Kier alpha value is -3.71. The van der Waals surface area contributed by atoms with Crippen molar-refractivity contribution in [2.24, 2.45) is 0 Å². The standard InChI is InChI=1S/C25H28F3N6O5P/c1-33-9-11-34(12-10-33)23(35)17-5-3-4-6-19(17)30-22-18(25(26,27)28)14-29-24(32-22)31-20-8-7-16(13-21(20)39-2)15-40(36,37)38/h3-8,13-14H,9-12,15H2,1-2H3,(H2,36,37,38)(H2,29,30,31,32). The highest BCUT2D eigenvalue weighted by Crippen LogP contribution is 2.41. The molecule has 0 spiro atoms. The average Bonchev–Trinajstić information content (AvgIpc) is 2.88. The lowest BCUT2D eigenvalue weighted by Crippen LogP contribution is -2.47. The number of halogens is 3. The molecule has 15 heteroatoms. The number of carbonyl (C=O) groups excluding carboxylic acids is 1. The molecule has 3 aromatic rings. The van der Waals surface area contributed by atoms with Crippen LogP contribution in [-0.2, 0) is 16.9 Å². The zero-order valence-electron chi connectivity index (χ0n) is 21.6. The highest BCUT2D eigenvalue weighted by atomic mass is 31.2. The van der Waals surface area contributed by atoms with E-state index in [2.05, 4.69) is 25.5 Å². The predicted octanol–water partition coefficient (Wildman–Crippen LogP) is 4.06. The predicted molar refractivity (Wildman–Crippen MR) is 142 cm³/mol. The number of hydrogen-bond acceptors (Lipinski definition) is 8. The minimum Gasteiger partial charge on any atom is -0.495 e. The highest BCUT2D eigenvalue weighted by molar-refractivity contribution is 7.50. The molecule has 2 heterocycles.